The molecule has 0 radical (unpaired) electrons. The predicted octanol–water partition coefficient (Wildman–Crippen LogP) is 2.49. The summed E-state index contributed by atoms with van der Waals surface area (Å²) in [4.78, 5) is 22.6. The van der Waals surface area contributed by atoms with Crippen LogP contribution in [0.3, 0.4) is 0 Å². The molecule has 0 aromatic heterocycles. The summed E-state index contributed by atoms with van der Waals surface area (Å²) < 4.78 is 0. The molecule has 19 heavy (non-hydrogen) atoms. The van der Waals surface area contributed by atoms with Crippen LogP contribution in [0.25, 0.3) is 0 Å². The van der Waals surface area contributed by atoms with E-state index in [-0.39, 0.29) is 11.4 Å². The van der Waals surface area contributed by atoms with E-state index in [9.17, 15) is 20.2 Å². The van der Waals surface area contributed by atoms with Crippen LogP contribution in [-0.2, 0) is 6.54 Å². The van der Waals surface area contributed by atoms with E-state index < -0.39 is 9.85 Å². The van der Waals surface area contributed by atoms with Crippen molar-refractivity contribution in [2.24, 2.45) is 0 Å². The van der Waals surface area contributed by atoms with Gasteiger partial charge in [-0.1, -0.05) is 6.42 Å². The molecule has 1 aromatic rings. The first-order chi connectivity index (χ1) is 9.08. The quantitative estimate of drug-likeness (QED) is 0.616. The number of nitrogens with zero attached hydrogens (tertiary/aromatic N) is 3. The minimum absolute atomic E-state index is 0.167. The zero-order chi connectivity index (χ0) is 13.8. The molecule has 7 heteroatoms. The SMILES string of the molecule is O=[N+]([O-])c1ccc(CN2CCCCC2)c([N+](=O)[O-])c1. The Bertz CT molecular complexity index is 498. The van der Waals surface area contributed by atoms with E-state index >= 15 is 0 Å². The van der Waals surface area contributed by atoms with Gasteiger partial charge in [-0.05, 0) is 32.0 Å². The third-order valence-electron chi connectivity index (χ3n) is 3.32. The van der Waals surface area contributed by atoms with Crippen molar-refractivity contribution in [3.8, 4) is 0 Å². The van der Waals surface area contributed by atoms with Crippen molar-refractivity contribution in [2.45, 2.75) is 25.8 Å². The number of likely N-dealkylation sites (tertiary alicyclic amines) is 1. The number of nitro benzene ring substituents is 2. The number of nitro groups is 2. The van der Waals surface area contributed by atoms with Crippen LogP contribution in [0, 0.1) is 20.2 Å². The van der Waals surface area contributed by atoms with E-state index in [0.717, 1.165) is 32.0 Å². The van der Waals surface area contributed by atoms with Gasteiger partial charge in [0.25, 0.3) is 11.4 Å². The van der Waals surface area contributed by atoms with Gasteiger partial charge >= 0.3 is 0 Å². The molecule has 0 unspecified atom stereocenters. The van der Waals surface area contributed by atoms with E-state index in [1.165, 1.54) is 18.6 Å². The summed E-state index contributed by atoms with van der Waals surface area (Å²) in [6.07, 6.45) is 3.39. The normalized spacial score (nSPS) is 16.2. The summed E-state index contributed by atoms with van der Waals surface area (Å²) in [6, 6.07) is 3.86. The maximum atomic E-state index is 11.0. The highest BCUT2D eigenvalue weighted by Crippen LogP contribution is 2.26. The highest BCUT2D eigenvalue weighted by Gasteiger charge is 2.21. The maximum Gasteiger partial charge on any atom is 0.280 e. The Balaban J connectivity index is 2.23. The number of hydrogen-bond acceptors (Lipinski definition) is 5. The molecular weight excluding hydrogens is 250 g/mol. The lowest BCUT2D eigenvalue weighted by molar-refractivity contribution is -0.394. The molecule has 0 spiro atoms. The van der Waals surface area contributed by atoms with Gasteiger partial charge in [-0.3, -0.25) is 25.1 Å². The second-order valence-electron chi connectivity index (χ2n) is 4.66. The van der Waals surface area contributed by atoms with Gasteiger partial charge in [-0.15, -0.1) is 0 Å². The van der Waals surface area contributed by atoms with Gasteiger partial charge in [0.05, 0.1) is 15.9 Å². The third kappa shape index (κ3) is 3.25. The predicted molar refractivity (Wildman–Crippen MR) is 68.9 cm³/mol. The van der Waals surface area contributed by atoms with Crippen LogP contribution >= 0.6 is 0 Å². The fourth-order valence-corrected chi connectivity index (χ4v) is 2.33. The average molecular weight is 265 g/mol. The van der Waals surface area contributed by atoms with Crippen molar-refractivity contribution in [2.75, 3.05) is 13.1 Å². The summed E-state index contributed by atoms with van der Waals surface area (Å²) in [5, 5.41) is 21.7. The molecule has 7 nitrogen and oxygen atoms in total. The van der Waals surface area contributed by atoms with Gasteiger partial charge in [0.15, 0.2) is 0 Å². The van der Waals surface area contributed by atoms with Crippen LogP contribution in [-0.4, -0.2) is 27.8 Å². The monoisotopic (exact) mass is 265 g/mol. The van der Waals surface area contributed by atoms with Gasteiger partial charge in [0.2, 0.25) is 0 Å². The summed E-state index contributed by atoms with van der Waals surface area (Å²) in [6.45, 7) is 2.33. The van der Waals surface area contributed by atoms with Crippen molar-refractivity contribution in [3.05, 3.63) is 44.0 Å². The topological polar surface area (TPSA) is 89.5 Å². The molecule has 1 aliphatic heterocycles. The van der Waals surface area contributed by atoms with Gasteiger partial charge in [-0.2, -0.15) is 0 Å². The zero-order valence-electron chi connectivity index (χ0n) is 10.4. The van der Waals surface area contributed by atoms with Crippen LogP contribution in [0.15, 0.2) is 18.2 Å². The Morgan fingerprint density at radius 3 is 2.32 bits per heavy atom. The summed E-state index contributed by atoms with van der Waals surface area (Å²) >= 11 is 0. The van der Waals surface area contributed by atoms with Crippen molar-refractivity contribution in [3.63, 3.8) is 0 Å². The summed E-state index contributed by atoms with van der Waals surface area (Å²) in [5.41, 5.74) is 0.131. The lowest BCUT2D eigenvalue weighted by Gasteiger charge is -2.26. The van der Waals surface area contributed by atoms with Crippen molar-refractivity contribution < 1.29 is 9.85 Å². The Labute approximate surface area is 110 Å². The molecule has 1 aromatic carbocycles. The second-order valence-corrected chi connectivity index (χ2v) is 4.66. The molecule has 1 heterocycles. The third-order valence-corrected chi connectivity index (χ3v) is 3.32. The van der Waals surface area contributed by atoms with Gasteiger partial charge in [-0.25, -0.2) is 0 Å². The molecule has 2 rings (SSSR count). The average Bonchev–Trinajstić information content (AvgIpc) is 2.39. The molecule has 102 valence electrons. The van der Waals surface area contributed by atoms with Crippen molar-refractivity contribution >= 4 is 11.4 Å². The van der Waals surface area contributed by atoms with Gasteiger partial charge in [0.1, 0.15) is 0 Å². The summed E-state index contributed by atoms with van der Waals surface area (Å²) in [7, 11) is 0. The molecule has 0 N–H and O–H groups in total. The Kier molecular flexibility index (Phi) is 4.06. The van der Waals surface area contributed by atoms with Crippen LogP contribution in [0.4, 0.5) is 11.4 Å². The number of rotatable bonds is 4. The molecule has 0 saturated carbocycles. The lowest BCUT2D eigenvalue weighted by Crippen LogP contribution is -2.29. The molecule has 1 fully saturated rings. The van der Waals surface area contributed by atoms with Crippen molar-refractivity contribution in [1.29, 1.82) is 0 Å². The smallest absolute Gasteiger partial charge is 0.280 e. The van der Waals surface area contributed by atoms with E-state index in [1.807, 2.05) is 0 Å². The highest BCUT2D eigenvalue weighted by atomic mass is 16.6. The summed E-state index contributed by atoms with van der Waals surface area (Å²) in [5.74, 6) is 0. The minimum Gasteiger partial charge on any atom is -0.299 e. The molecule has 1 saturated heterocycles. The van der Waals surface area contributed by atoms with E-state index in [4.69, 9.17) is 0 Å². The molecular formula is C12H15N3O4. The van der Waals surface area contributed by atoms with Crippen LogP contribution < -0.4 is 0 Å². The minimum atomic E-state index is -0.613. The fraction of sp³-hybridized carbons (Fsp3) is 0.500. The van der Waals surface area contributed by atoms with Crippen LogP contribution in [0.2, 0.25) is 0 Å². The first-order valence-electron chi connectivity index (χ1n) is 6.22. The second kappa shape index (κ2) is 5.75. The molecule has 1 aliphatic rings. The highest BCUT2D eigenvalue weighted by molar-refractivity contribution is 5.49. The van der Waals surface area contributed by atoms with Gasteiger partial charge < -0.3 is 0 Å². The maximum absolute atomic E-state index is 11.0. The van der Waals surface area contributed by atoms with Crippen molar-refractivity contribution in [1.82, 2.24) is 4.90 Å². The number of piperidine rings is 1. The van der Waals surface area contributed by atoms with Crippen LogP contribution in [0.1, 0.15) is 24.8 Å². The zero-order valence-corrected chi connectivity index (χ0v) is 10.4. The van der Waals surface area contributed by atoms with Gasteiger partial charge in [0, 0.05) is 18.2 Å². The molecule has 0 aliphatic carbocycles. The molecule has 0 amide bonds. The first kappa shape index (κ1) is 13.4. The molecule has 0 bridgehead atoms. The molecule has 0 atom stereocenters. The standard InChI is InChI=1S/C12H15N3O4/c16-14(17)11-5-4-10(12(8-11)15(18)19)9-13-6-2-1-3-7-13/h4-5,8H,1-3,6-7,9H2. The number of benzene rings is 1. The largest absolute Gasteiger partial charge is 0.299 e. The van der Waals surface area contributed by atoms with E-state index in [0.29, 0.717) is 12.1 Å². The fourth-order valence-electron chi connectivity index (χ4n) is 2.33. The van der Waals surface area contributed by atoms with E-state index in [1.54, 1.807) is 0 Å². The van der Waals surface area contributed by atoms with E-state index in [2.05, 4.69) is 4.90 Å². The lowest BCUT2D eigenvalue weighted by atomic mass is 10.1. The first-order valence-corrected chi connectivity index (χ1v) is 6.22. The Morgan fingerprint density at radius 1 is 1.05 bits per heavy atom. The van der Waals surface area contributed by atoms with Crippen LogP contribution in [0.5, 0.6) is 0 Å². The number of hydrogen-bond donors (Lipinski definition) is 0. The Hall–Kier alpha value is -2.02. The Morgan fingerprint density at radius 2 is 1.74 bits per heavy atom. The number of non-ortho nitro benzene ring substituents is 1.